The van der Waals surface area contributed by atoms with Crippen LogP contribution in [0.2, 0.25) is 0 Å². The molecule has 0 heterocycles. The van der Waals surface area contributed by atoms with Gasteiger partial charge in [0.15, 0.2) is 0 Å². The summed E-state index contributed by atoms with van der Waals surface area (Å²) in [4.78, 5) is 23.3. The van der Waals surface area contributed by atoms with E-state index in [0.717, 1.165) is 16.5 Å². The summed E-state index contributed by atoms with van der Waals surface area (Å²) in [5, 5.41) is 5.23. The fraction of sp³-hybridized carbons (Fsp3) is 0.500. The van der Waals surface area contributed by atoms with Gasteiger partial charge in [-0.1, -0.05) is 35.0 Å². The van der Waals surface area contributed by atoms with Crippen molar-refractivity contribution in [3.63, 3.8) is 0 Å². The topological polar surface area (TPSA) is 67.4 Å². The Kier molecular flexibility index (Phi) is 8.58. The summed E-state index contributed by atoms with van der Waals surface area (Å²) in [7, 11) is 0. The number of rotatable bonds is 8. The highest BCUT2D eigenvalue weighted by atomic mass is 79.9. The van der Waals surface area contributed by atoms with Gasteiger partial charge in [0.2, 0.25) is 0 Å². The third-order valence-corrected chi connectivity index (χ3v) is 3.66. The SMILES string of the molecule is CCNC(=O)NCCOC(=O)C(CC)Cc1cccc(Br)c1. The maximum atomic E-state index is 12.1. The molecule has 0 bridgehead atoms. The third-order valence-electron chi connectivity index (χ3n) is 3.17. The molecule has 0 saturated carbocycles. The van der Waals surface area contributed by atoms with Gasteiger partial charge in [-0.25, -0.2) is 4.79 Å². The Hall–Kier alpha value is -1.56. The van der Waals surface area contributed by atoms with Gasteiger partial charge in [-0.15, -0.1) is 0 Å². The van der Waals surface area contributed by atoms with E-state index in [1.165, 1.54) is 0 Å². The maximum absolute atomic E-state index is 12.1. The van der Waals surface area contributed by atoms with E-state index in [-0.39, 0.29) is 24.5 Å². The summed E-state index contributed by atoms with van der Waals surface area (Å²) >= 11 is 3.43. The number of halogens is 1. The number of carbonyl (C=O) groups is 2. The van der Waals surface area contributed by atoms with Gasteiger partial charge in [0.05, 0.1) is 12.5 Å². The van der Waals surface area contributed by atoms with Crippen LogP contribution in [-0.2, 0) is 16.0 Å². The Morgan fingerprint density at radius 1 is 1.27 bits per heavy atom. The number of nitrogens with one attached hydrogen (secondary N) is 2. The molecule has 0 aliphatic carbocycles. The maximum Gasteiger partial charge on any atom is 0.314 e. The zero-order valence-corrected chi connectivity index (χ0v) is 14.6. The number of esters is 1. The molecule has 6 heteroatoms. The molecule has 2 amide bonds. The highest BCUT2D eigenvalue weighted by Gasteiger charge is 2.18. The van der Waals surface area contributed by atoms with Gasteiger partial charge in [-0.3, -0.25) is 4.79 Å². The van der Waals surface area contributed by atoms with E-state index in [9.17, 15) is 9.59 Å². The standard InChI is InChI=1S/C16H23BrN2O3/c1-3-13(10-12-6-5-7-14(17)11-12)15(20)22-9-8-19-16(21)18-4-2/h5-7,11,13H,3-4,8-10H2,1-2H3,(H2,18,19,21). The summed E-state index contributed by atoms with van der Waals surface area (Å²) in [6.45, 7) is 4.87. The molecule has 0 radical (unpaired) electrons. The zero-order chi connectivity index (χ0) is 16.4. The monoisotopic (exact) mass is 370 g/mol. The molecule has 2 N–H and O–H groups in total. The number of hydrogen-bond acceptors (Lipinski definition) is 3. The van der Waals surface area contributed by atoms with E-state index in [4.69, 9.17) is 4.74 Å². The lowest BCUT2D eigenvalue weighted by Gasteiger charge is -2.15. The number of urea groups is 1. The average Bonchev–Trinajstić information content (AvgIpc) is 2.49. The van der Waals surface area contributed by atoms with E-state index in [1.807, 2.05) is 38.1 Å². The minimum atomic E-state index is -0.250. The fourth-order valence-electron chi connectivity index (χ4n) is 2.00. The van der Waals surface area contributed by atoms with E-state index in [2.05, 4.69) is 26.6 Å². The summed E-state index contributed by atoms with van der Waals surface area (Å²) in [6.07, 6.45) is 1.37. The Labute approximate surface area is 139 Å². The molecule has 1 unspecified atom stereocenters. The molecule has 5 nitrogen and oxygen atoms in total. The van der Waals surface area contributed by atoms with Crippen LogP contribution in [0.5, 0.6) is 0 Å². The molecule has 0 saturated heterocycles. The molecule has 1 aromatic carbocycles. The van der Waals surface area contributed by atoms with Crippen molar-refractivity contribution in [2.24, 2.45) is 5.92 Å². The Balaban J connectivity index is 2.36. The minimum Gasteiger partial charge on any atom is -0.464 e. The van der Waals surface area contributed by atoms with Gasteiger partial charge < -0.3 is 15.4 Å². The van der Waals surface area contributed by atoms with E-state index in [1.54, 1.807) is 0 Å². The predicted octanol–water partition coefficient (Wildman–Crippen LogP) is 2.88. The van der Waals surface area contributed by atoms with Gasteiger partial charge in [-0.05, 0) is 37.5 Å². The first kappa shape index (κ1) is 18.5. The van der Waals surface area contributed by atoms with Gasteiger partial charge in [0, 0.05) is 11.0 Å². The highest BCUT2D eigenvalue weighted by molar-refractivity contribution is 9.10. The van der Waals surface area contributed by atoms with Crippen LogP contribution in [0.1, 0.15) is 25.8 Å². The van der Waals surface area contributed by atoms with Crippen LogP contribution >= 0.6 is 15.9 Å². The van der Waals surface area contributed by atoms with Crippen molar-refractivity contribution in [1.29, 1.82) is 0 Å². The van der Waals surface area contributed by atoms with Crippen LogP contribution in [0.25, 0.3) is 0 Å². The molecule has 22 heavy (non-hydrogen) atoms. The number of ether oxygens (including phenoxy) is 1. The van der Waals surface area contributed by atoms with Gasteiger partial charge in [0.1, 0.15) is 6.61 Å². The zero-order valence-electron chi connectivity index (χ0n) is 13.0. The third kappa shape index (κ3) is 6.93. The smallest absolute Gasteiger partial charge is 0.314 e. The van der Waals surface area contributed by atoms with Crippen LogP contribution in [0, 0.1) is 5.92 Å². The molecule has 0 aromatic heterocycles. The summed E-state index contributed by atoms with van der Waals surface area (Å²) < 4.78 is 6.23. The Morgan fingerprint density at radius 3 is 2.68 bits per heavy atom. The molecule has 0 aliphatic rings. The van der Waals surface area contributed by atoms with Crippen LogP contribution in [0.3, 0.4) is 0 Å². The molecule has 0 aliphatic heterocycles. The van der Waals surface area contributed by atoms with E-state index >= 15 is 0 Å². The summed E-state index contributed by atoms with van der Waals surface area (Å²) in [6, 6.07) is 7.66. The molecular weight excluding hydrogens is 348 g/mol. The molecule has 1 aromatic rings. The summed E-state index contributed by atoms with van der Waals surface area (Å²) in [5.74, 6) is -0.390. The second-order valence-corrected chi connectivity index (χ2v) is 5.81. The first-order chi connectivity index (χ1) is 10.6. The molecular formula is C16H23BrN2O3. The number of benzene rings is 1. The first-order valence-corrected chi connectivity index (χ1v) is 8.28. The molecule has 0 fully saturated rings. The second kappa shape index (κ2) is 10.2. The van der Waals surface area contributed by atoms with Crippen molar-refractivity contribution >= 4 is 27.9 Å². The highest BCUT2D eigenvalue weighted by Crippen LogP contribution is 2.17. The van der Waals surface area contributed by atoms with Crippen LogP contribution in [-0.4, -0.2) is 31.7 Å². The van der Waals surface area contributed by atoms with Crippen molar-refractivity contribution in [1.82, 2.24) is 10.6 Å². The van der Waals surface area contributed by atoms with Gasteiger partial charge in [-0.2, -0.15) is 0 Å². The Morgan fingerprint density at radius 2 is 2.05 bits per heavy atom. The van der Waals surface area contributed by atoms with Crippen molar-refractivity contribution in [3.05, 3.63) is 34.3 Å². The Bertz CT molecular complexity index is 494. The van der Waals surface area contributed by atoms with Crippen molar-refractivity contribution in [3.8, 4) is 0 Å². The lowest BCUT2D eigenvalue weighted by molar-refractivity contribution is -0.148. The van der Waals surface area contributed by atoms with E-state index < -0.39 is 0 Å². The molecule has 1 atom stereocenters. The minimum absolute atomic E-state index is 0.168. The predicted molar refractivity (Wildman–Crippen MR) is 89.7 cm³/mol. The normalized spacial score (nSPS) is 11.6. The van der Waals surface area contributed by atoms with Crippen LogP contribution in [0.4, 0.5) is 4.79 Å². The molecule has 122 valence electrons. The van der Waals surface area contributed by atoms with Crippen LogP contribution in [0.15, 0.2) is 28.7 Å². The average molecular weight is 371 g/mol. The van der Waals surface area contributed by atoms with Crippen molar-refractivity contribution in [2.75, 3.05) is 19.7 Å². The molecule has 1 rings (SSSR count). The number of amides is 2. The van der Waals surface area contributed by atoms with Crippen molar-refractivity contribution in [2.45, 2.75) is 26.7 Å². The number of hydrogen-bond donors (Lipinski definition) is 2. The summed E-state index contributed by atoms with van der Waals surface area (Å²) in [5.41, 5.74) is 1.10. The van der Waals surface area contributed by atoms with Gasteiger partial charge >= 0.3 is 12.0 Å². The lowest BCUT2D eigenvalue weighted by atomic mass is 9.97. The fourth-order valence-corrected chi connectivity index (χ4v) is 2.45. The lowest BCUT2D eigenvalue weighted by Crippen LogP contribution is -2.37. The van der Waals surface area contributed by atoms with Crippen LogP contribution < -0.4 is 10.6 Å². The quantitative estimate of drug-likeness (QED) is 0.546. The first-order valence-electron chi connectivity index (χ1n) is 7.49. The second-order valence-electron chi connectivity index (χ2n) is 4.89. The molecule has 0 spiro atoms. The van der Waals surface area contributed by atoms with Crippen molar-refractivity contribution < 1.29 is 14.3 Å². The number of carbonyl (C=O) groups excluding carboxylic acids is 2. The largest absolute Gasteiger partial charge is 0.464 e. The van der Waals surface area contributed by atoms with Gasteiger partial charge in [0.25, 0.3) is 0 Å². The van der Waals surface area contributed by atoms with E-state index in [0.29, 0.717) is 19.5 Å².